The van der Waals surface area contributed by atoms with Gasteiger partial charge in [0.25, 0.3) is 0 Å². The molecule has 0 aliphatic rings. The van der Waals surface area contributed by atoms with Crippen LogP contribution in [-0.2, 0) is 4.43 Å². The van der Waals surface area contributed by atoms with E-state index in [0.717, 1.165) is 0 Å². The first-order chi connectivity index (χ1) is 11.7. The zero-order valence-electron chi connectivity index (χ0n) is 18.5. The fourth-order valence-electron chi connectivity index (χ4n) is 3.02. The second-order valence-electron chi connectivity index (χ2n) is 9.34. The summed E-state index contributed by atoms with van der Waals surface area (Å²) in [6.45, 7) is 18.0. The van der Waals surface area contributed by atoms with Crippen LogP contribution in [0, 0.1) is 0 Å². The predicted molar refractivity (Wildman–Crippen MR) is 118 cm³/mol. The summed E-state index contributed by atoms with van der Waals surface area (Å²) >= 11 is 0. The molecular weight excluding hydrogens is 320 g/mol. The summed E-state index contributed by atoms with van der Waals surface area (Å²) in [5.74, 6) is 0. The Balaban J connectivity index is 4.28. The molecule has 0 rings (SSSR count). The van der Waals surface area contributed by atoms with Crippen molar-refractivity contribution in [2.45, 2.75) is 135 Å². The van der Waals surface area contributed by atoms with E-state index < -0.39 is 8.32 Å². The minimum absolute atomic E-state index is 0.316. The average molecular weight is 369 g/mol. The third-order valence-corrected chi connectivity index (χ3v) is 10.4. The van der Waals surface area contributed by atoms with Gasteiger partial charge >= 0.3 is 0 Å². The second-order valence-corrected chi connectivity index (χ2v) is 14.1. The summed E-state index contributed by atoms with van der Waals surface area (Å²) in [5.41, 5.74) is 0. The van der Waals surface area contributed by atoms with E-state index in [4.69, 9.17) is 4.43 Å². The Morgan fingerprint density at radius 3 is 1.80 bits per heavy atom. The fourth-order valence-corrected chi connectivity index (χ4v) is 4.44. The van der Waals surface area contributed by atoms with Crippen molar-refractivity contribution in [3.63, 3.8) is 0 Å². The van der Waals surface area contributed by atoms with Crippen molar-refractivity contribution >= 4 is 8.32 Å². The third-order valence-electron chi connectivity index (χ3n) is 5.83. The number of hydrogen-bond acceptors (Lipinski definition) is 1. The summed E-state index contributed by atoms with van der Waals surface area (Å²) in [7, 11) is -1.64. The highest BCUT2D eigenvalue weighted by Gasteiger charge is 2.38. The number of unbranched alkanes of at least 4 members (excludes halogenated alkanes) is 9. The minimum Gasteiger partial charge on any atom is -0.414 e. The third kappa shape index (κ3) is 12.8. The number of allylic oxidation sites excluding steroid dienone is 1. The SMILES string of the molecule is C=CCCCCCC[C@@H](CCCCCCCC)O[Si](C)(C)C(C)(C)C. The molecule has 0 fully saturated rings. The molecule has 0 aromatic heterocycles. The maximum Gasteiger partial charge on any atom is 0.192 e. The topological polar surface area (TPSA) is 9.23 Å². The highest BCUT2D eigenvalue weighted by Crippen LogP contribution is 2.38. The van der Waals surface area contributed by atoms with E-state index in [0.29, 0.717) is 11.1 Å². The lowest BCUT2D eigenvalue weighted by molar-refractivity contribution is 0.154. The van der Waals surface area contributed by atoms with Crippen LogP contribution in [0.4, 0.5) is 0 Å². The van der Waals surface area contributed by atoms with Gasteiger partial charge in [0.2, 0.25) is 0 Å². The van der Waals surface area contributed by atoms with E-state index in [1.165, 1.54) is 83.5 Å². The molecule has 25 heavy (non-hydrogen) atoms. The molecular formula is C23H48OSi. The van der Waals surface area contributed by atoms with Crippen LogP contribution < -0.4 is 0 Å². The van der Waals surface area contributed by atoms with Gasteiger partial charge in [-0.15, -0.1) is 6.58 Å². The highest BCUT2D eigenvalue weighted by atomic mass is 28.4. The Bertz CT molecular complexity index is 317. The number of rotatable bonds is 16. The van der Waals surface area contributed by atoms with Gasteiger partial charge in [-0.25, -0.2) is 0 Å². The summed E-state index contributed by atoms with van der Waals surface area (Å²) in [6, 6.07) is 0. The Morgan fingerprint density at radius 1 is 0.840 bits per heavy atom. The molecule has 0 spiro atoms. The molecule has 0 aliphatic heterocycles. The van der Waals surface area contributed by atoms with E-state index in [9.17, 15) is 0 Å². The predicted octanol–water partition coefficient (Wildman–Crippen LogP) is 8.65. The maximum atomic E-state index is 6.78. The van der Waals surface area contributed by atoms with Crippen molar-refractivity contribution in [2.75, 3.05) is 0 Å². The van der Waals surface area contributed by atoms with Crippen LogP contribution >= 0.6 is 0 Å². The largest absolute Gasteiger partial charge is 0.414 e. The van der Waals surface area contributed by atoms with Gasteiger partial charge in [0.05, 0.1) is 0 Å². The molecule has 0 heterocycles. The molecule has 0 saturated heterocycles. The summed E-state index contributed by atoms with van der Waals surface area (Å²) in [5, 5.41) is 0.316. The monoisotopic (exact) mass is 368 g/mol. The van der Waals surface area contributed by atoms with Gasteiger partial charge in [-0.05, 0) is 43.8 Å². The number of hydrogen-bond donors (Lipinski definition) is 0. The van der Waals surface area contributed by atoms with Gasteiger partial charge in [-0.2, -0.15) is 0 Å². The van der Waals surface area contributed by atoms with Gasteiger partial charge in [-0.1, -0.05) is 91.6 Å². The normalized spacial score (nSPS) is 13.8. The van der Waals surface area contributed by atoms with Crippen molar-refractivity contribution in [2.24, 2.45) is 0 Å². The van der Waals surface area contributed by atoms with Gasteiger partial charge in [0.1, 0.15) is 0 Å². The van der Waals surface area contributed by atoms with Crippen LogP contribution in [0.5, 0.6) is 0 Å². The first kappa shape index (κ1) is 24.9. The van der Waals surface area contributed by atoms with Gasteiger partial charge in [0.15, 0.2) is 8.32 Å². The molecule has 1 nitrogen and oxygen atoms in total. The zero-order valence-corrected chi connectivity index (χ0v) is 19.5. The lowest BCUT2D eigenvalue weighted by atomic mass is 10.0. The van der Waals surface area contributed by atoms with Crippen LogP contribution in [0.15, 0.2) is 12.7 Å². The van der Waals surface area contributed by atoms with E-state index in [1.54, 1.807) is 0 Å². The van der Waals surface area contributed by atoms with E-state index in [2.05, 4.69) is 47.4 Å². The molecule has 0 radical (unpaired) electrons. The van der Waals surface area contributed by atoms with Gasteiger partial charge < -0.3 is 4.43 Å². The van der Waals surface area contributed by atoms with Crippen LogP contribution in [0.1, 0.15) is 111 Å². The molecule has 0 aliphatic carbocycles. The lowest BCUT2D eigenvalue weighted by Gasteiger charge is -2.39. The fraction of sp³-hybridized carbons (Fsp3) is 0.913. The molecule has 0 saturated carbocycles. The van der Waals surface area contributed by atoms with Crippen LogP contribution in [0.3, 0.4) is 0 Å². The Kier molecular flexibility index (Phi) is 14.0. The zero-order chi connectivity index (χ0) is 19.2. The molecule has 1 atom stereocenters. The van der Waals surface area contributed by atoms with Gasteiger partial charge in [-0.3, -0.25) is 0 Å². The lowest BCUT2D eigenvalue weighted by Crippen LogP contribution is -2.44. The Morgan fingerprint density at radius 2 is 1.32 bits per heavy atom. The van der Waals surface area contributed by atoms with Gasteiger partial charge in [0, 0.05) is 6.10 Å². The summed E-state index contributed by atoms with van der Waals surface area (Å²) in [6.07, 6.45) is 19.8. The van der Waals surface area contributed by atoms with Crippen LogP contribution in [0.25, 0.3) is 0 Å². The molecule has 2 heteroatoms. The molecule has 150 valence electrons. The molecule has 0 unspecified atom stereocenters. The first-order valence-corrected chi connectivity index (χ1v) is 13.9. The highest BCUT2D eigenvalue weighted by molar-refractivity contribution is 6.74. The van der Waals surface area contributed by atoms with Crippen LogP contribution in [0.2, 0.25) is 18.1 Å². The summed E-state index contributed by atoms with van der Waals surface area (Å²) in [4.78, 5) is 0. The molecule has 0 amide bonds. The standard InChI is InChI=1S/C23H48OSi/c1-8-10-12-14-16-18-20-22(21-19-17-15-13-11-9-2)24-25(6,7)23(3,4)5/h8,22H,1,9-21H2,2-7H3/t22-/m0/s1. The van der Waals surface area contributed by atoms with Crippen molar-refractivity contribution in [1.82, 2.24) is 0 Å². The molecule has 0 aromatic rings. The Labute approximate surface area is 161 Å². The summed E-state index contributed by atoms with van der Waals surface area (Å²) < 4.78 is 6.78. The second kappa shape index (κ2) is 14.0. The quantitative estimate of drug-likeness (QED) is 0.150. The van der Waals surface area contributed by atoms with E-state index >= 15 is 0 Å². The average Bonchev–Trinajstić information content (AvgIpc) is 2.52. The molecule has 0 bridgehead atoms. The smallest absolute Gasteiger partial charge is 0.192 e. The van der Waals surface area contributed by atoms with E-state index in [1.807, 2.05) is 6.08 Å². The first-order valence-electron chi connectivity index (χ1n) is 11.0. The van der Waals surface area contributed by atoms with Crippen molar-refractivity contribution in [3.8, 4) is 0 Å². The van der Waals surface area contributed by atoms with E-state index in [-0.39, 0.29) is 0 Å². The minimum atomic E-state index is -1.64. The molecule has 0 N–H and O–H groups in total. The Hall–Kier alpha value is -0.0831. The van der Waals surface area contributed by atoms with Crippen LogP contribution in [-0.4, -0.2) is 14.4 Å². The molecule has 0 aromatic carbocycles. The van der Waals surface area contributed by atoms with Crippen molar-refractivity contribution in [3.05, 3.63) is 12.7 Å². The maximum absolute atomic E-state index is 6.78. The van der Waals surface area contributed by atoms with Crippen molar-refractivity contribution < 1.29 is 4.43 Å². The van der Waals surface area contributed by atoms with Crippen molar-refractivity contribution in [1.29, 1.82) is 0 Å².